The minimum absolute atomic E-state index is 0.419. The van der Waals surface area contributed by atoms with Crippen molar-refractivity contribution in [2.75, 3.05) is 14.2 Å². The summed E-state index contributed by atoms with van der Waals surface area (Å²) in [6.07, 6.45) is 0. The fourth-order valence-corrected chi connectivity index (χ4v) is 1.51. The number of para-hydroxylation sites is 1. The van der Waals surface area contributed by atoms with Crippen LogP contribution in [-0.4, -0.2) is 19.4 Å². The Labute approximate surface area is 93.8 Å². The molecule has 1 aromatic heterocycles. The molecular formula is C12H13NO3. The number of hydrogen-bond donors (Lipinski definition) is 0. The van der Waals surface area contributed by atoms with Crippen LogP contribution in [0.25, 0.3) is 11.3 Å². The first-order valence-electron chi connectivity index (χ1n) is 4.93. The van der Waals surface area contributed by atoms with E-state index in [9.17, 15) is 0 Å². The minimum Gasteiger partial charge on any atom is -0.496 e. The maximum Gasteiger partial charge on any atom is 0.162 e. The topological polar surface area (TPSA) is 44.5 Å². The standard InChI is InChI=1S/C12H13NO3/c1-14-8-9-7-11(13-16-9)10-5-3-4-6-12(10)15-2/h3-7H,8H2,1-2H3. The molecule has 0 bridgehead atoms. The molecule has 0 aliphatic heterocycles. The van der Waals surface area contributed by atoms with Crippen LogP contribution in [0.3, 0.4) is 0 Å². The lowest BCUT2D eigenvalue weighted by atomic mass is 10.1. The molecule has 0 amide bonds. The van der Waals surface area contributed by atoms with Gasteiger partial charge in [-0.15, -0.1) is 0 Å². The van der Waals surface area contributed by atoms with Crippen LogP contribution >= 0.6 is 0 Å². The van der Waals surface area contributed by atoms with Crippen molar-refractivity contribution in [2.24, 2.45) is 0 Å². The van der Waals surface area contributed by atoms with Gasteiger partial charge in [0.2, 0.25) is 0 Å². The molecule has 0 unspecified atom stereocenters. The average molecular weight is 219 g/mol. The number of aromatic nitrogens is 1. The normalized spacial score (nSPS) is 10.4. The number of nitrogens with zero attached hydrogens (tertiary/aromatic N) is 1. The molecule has 4 heteroatoms. The van der Waals surface area contributed by atoms with Crippen molar-refractivity contribution >= 4 is 0 Å². The van der Waals surface area contributed by atoms with Gasteiger partial charge in [0.15, 0.2) is 5.76 Å². The molecule has 0 spiro atoms. The SMILES string of the molecule is COCc1cc(-c2ccccc2OC)no1. The van der Waals surface area contributed by atoms with Gasteiger partial charge in [-0.2, -0.15) is 0 Å². The first-order valence-corrected chi connectivity index (χ1v) is 4.93. The summed E-state index contributed by atoms with van der Waals surface area (Å²) in [6.45, 7) is 0.419. The van der Waals surface area contributed by atoms with Gasteiger partial charge in [-0.1, -0.05) is 17.3 Å². The third-order valence-corrected chi connectivity index (χ3v) is 2.23. The van der Waals surface area contributed by atoms with Crippen molar-refractivity contribution in [3.8, 4) is 17.0 Å². The second-order valence-electron chi connectivity index (χ2n) is 3.31. The number of hydrogen-bond acceptors (Lipinski definition) is 4. The fraction of sp³-hybridized carbons (Fsp3) is 0.250. The third-order valence-electron chi connectivity index (χ3n) is 2.23. The quantitative estimate of drug-likeness (QED) is 0.792. The van der Waals surface area contributed by atoms with Crippen LogP contribution in [0.2, 0.25) is 0 Å². The molecular weight excluding hydrogens is 206 g/mol. The predicted molar refractivity (Wildman–Crippen MR) is 59.2 cm³/mol. The van der Waals surface area contributed by atoms with Gasteiger partial charge in [0.25, 0.3) is 0 Å². The molecule has 84 valence electrons. The van der Waals surface area contributed by atoms with E-state index in [1.165, 1.54) is 0 Å². The summed E-state index contributed by atoms with van der Waals surface area (Å²) in [5, 5.41) is 3.98. The van der Waals surface area contributed by atoms with Crippen molar-refractivity contribution < 1.29 is 14.0 Å². The summed E-state index contributed by atoms with van der Waals surface area (Å²) >= 11 is 0. The Bertz CT molecular complexity index is 465. The van der Waals surface area contributed by atoms with Crippen LogP contribution in [0.4, 0.5) is 0 Å². The van der Waals surface area contributed by atoms with E-state index >= 15 is 0 Å². The smallest absolute Gasteiger partial charge is 0.162 e. The molecule has 0 aliphatic rings. The Kier molecular flexibility index (Phi) is 3.22. The van der Waals surface area contributed by atoms with Gasteiger partial charge in [0.1, 0.15) is 18.1 Å². The number of benzene rings is 1. The van der Waals surface area contributed by atoms with E-state index in [4.69, 9.17) is 14.0 Å². The van der Waals surface area contributed by atoms with Gasteiger partial charge in [-0.3, -0.25) is 0 Å². The molecule has 1 heterocycles. The van der Waals surface area contributed by atoms with Crippen molar-refractivity contribution in [3.05, 3.63) is 36.1 Å². The molecule has 2 aromatic rings. The highest BCUT2D eigenvalue weighted by molar-refractivity contribution is 5.66. The summed E-state index contributed by atoms with van der Waals surface area (Å²) in [6, 6.07) is 9.52. The monoisotopic (exact) mass is 219 g/mol. The van der Waals surface area contributed by atoms with Gasteiger partial charge in [0, 0.05) is 18.7 Å². The molecule has 0 radical (unpaired) electrons. The molecule has 0 N–H and O–H groups in total. The summed E-state index contributed by atoms with van der Waals surface area (Å²) in [4.78, 5) is 0. The number of methoxy groups -OCH3 is 2. The highest BCUT2D eigenvalue weighted by Crippen LogP contribution is 2.28. The van der Waals surface area contributed by atoms with E-state index in [1.54, 1.807) is 14.2 Å². The molecule has 0 fully saturated rings. The van der Waals surface area contributed by atoms with E-state index in [2.05, 4.69) is 5.16 Å². The van der Waals surface area contributed by atoms with Crippen LogP contribution < -0.4 is 4.74 Å². The van der Waals surface area contributed by atoms with Gasteiger partial charge in [0.05, 0.1) is 7.11 Å². The maximum atomic E-state index is 5.26. The summed E-state index contributed by atoms with van der Waals surface area (Å²) < 4.78 is 15.4. The van der Waals surface area contributed by atoms with E-state index in [-0.39, 0.29) is 0 Å². The van der Waals surface area contributed by atoms with Gasteiger partial charge in [-0.25, -0.2) is 0 Å². The lowest BCUT2D eigenvalue weighted by molar-refractivity contribution is 0.156. The molecule has 0 saturated carbocycles. The van der Waals surface area contributed by atoms with Crippen LogP contribution in [0.15, 0.2) is 34.9 Å². The fourth-order valence-electron chi connectivity index (χ4n) is 1.51. The second kappa shape index (κ2) is 4.81. The molecule has 4 nitrogen and oxygen atoms in total. The zero-order chi connectivity index (χ0) is 11.4. The van der Waals surface area contributed by atoms with Crippen molar-refractivity contribution in [1.82, 2.24) is 5.16 Å². The molecule has 0 atom stereocenters. The summed E-state index contributed by atoms with van der Waals surface area (Å²) in [5.41, 5.74) is 1.67. The zero-order valence-electron chi connectivity index (χ0n) is 9.27. The Morgan fingerprint density at radius 2 is 2.06 bits per heavy atom. The largest absolute Gasteiger partial charge is 0.496 e. The van der Waals surface area contributed by atoms with E-state index in [1.807, 2.05) is 30.3 Å². The Hall–Kier alpha value is -1.81. The Morgan fingerprint density at radius 3 is 2.81 bits per heavy atom. The van der Waals surface area contributed by atoms with E-state index in [0.29, 0.717) is 12.4 Å². The van der Waals surface area contributed by atoms with Crippen molar-refractivity contribution in [3.63, 3.8) is 0 Å². The van der Waals surface area contributed by atoms with Crippen molar-refractivity contribution in [2.45, 2.75) is 6.61 Å². The van der Waals surface area contributed by atoms with Crippen molar-refractivity contribution in [1.29, 1.82) is 0 Å². The van der Waals surface area contributed by atoms with E-state index in [0.717, 1.165) is 17.0 Å². The molecule has 0 saturated heterocycles. The lowest BCUT2D eigenvalue weighted by Crippen LogP contribution is -1.87. The zero-order valence-corrected chi connectivity index (χ0v) is 9.27. The second-order valence-corrected chi connectivity index (χ2v) is 3.31. The first kappa shape index (κ1) is 10.7. The maximum absolute atomic E-state index is 5.26. The van der Waals surface area contributed by atoms with Gasteiger partial charge < -0.3 is 14.0 Å². The molecule has 2 rings (SSSR count). The minimum atomic E-state index is 0.419. The molecule has 16 heavy (non-hydrogen) atoms. The van der Waals surface area contributed by atoms with Crippen LogP contribution in [0.5, 0.6) is 5.75 Å². The lowest BCUT2D eigenvalue weighted by Gasteiger charge is -2.03. The van der Waals surface area contributed by atoms with Crippen LogP contribution in [-0.2, 0) is 11.3 Å². The predicted octanol–water partition coefficient (Wildman–Crippen LogP) is 2.50. The Balaban J connectivity index is 2.34. The molecule has 0 aliphatic carbocycles. The Morgan fingerprint density at radius 1 is 1.25 bits per heavy atom. The third kappa shape index (κ3) is 2.06. The number of ether oxygens (including phenoxy) is 2. The number of rotatable bonds is 4. The van der Waals surface area contributed by atoms with Crippen LogP contribution in [0, 0.1) is 0 Å². The average Bonchev–Trinajstić information content (AvgIpc) is 2.78. The summed E-state index contributed by atoms with van der Waals surface area (Å²) in [5.74, 6) is 1.48. The highest BCUT2D eigenvalue weighted by Gasteiger charge is 2.10. The van der Waals surface area contributed by atoms with Gasteiger partial charge in [-0.05, 0) is 12.1 Å². The van der Waals surface area contributed by atoms with Crippen LogP contribution in [0.1, 0.15) is 5.76 Å². The van der Waals surface area contributed by atoms with Gasteiger partial charge >= 0.3 is 0 Å². The summed E-state index contributed by atoms with van der Waals surface area (Å²) in [7, 11) is 3.25. The molecule has 1 aromatic carbocycles. The highest BCUT2D eigenvalue weighted by atomic mass is 16.5. The van der Waals surface area contributed by atoms with E-state index < -0.39 is 0 Å². The first-order chi connectivity index (χ1) is 7.85.